The highest BCUT2D eigenvalue weighted by molar-refractivity contribution is 5.69. The number of fused-ring (bicyclic) bond motifs is 1. The number of rotatable bonds is 41. The van der Waals surface area contributed by atoms with Gasteiger partial charge in [0.1, 0.15) is 18.3 Å². The van der Waals surface area contributed by atoms with E-state index in [2.05, 4.69) is 39.8 Å². The Hall–Kier alpha value is -1.22. The predicted molar refractivity (Wildman–Crippen MR) is 240 cm³/mol. The second-order valence-electron chi connectivity index (χ2n) is 18.4. The van der Waals surface area contributed by atoms with Crippen molar-refractivity contribution >= 4 is 11.9 Å². The van der Waals surface area contributed by atoms with Gasteiger partial charge in [0.15, 0.2) is 5.79 Å². The van der Waals surface area contributed by atoms with E-state index in [1.807, 2.05) is 0 Å². The van der Waals surface area contributed by atoms with Crippen LogP contribution < -0.4 is 0 Å². The van der Waals surface area contributed by atoms with Crippen LogP contribution in [0.3, 0.4) is 0 Å². The molecule has 2 saturated heterocycles. The van der Waals surface area contributed by atoms with Crippen LogP contribution in [-0.2, 0) is 33.3 Å². The summed E-state index contributed by atoms with van der Waals surface area (Å²) < 4.78 is 31.2. The van der Waals surface area contributed by atoms with Crippen molar-refractivity contribution < 1.29 is 33.3 Å². The fourth-order valence-electron chi connectivity index (χ4n) is 8.85. The molecule has 4 atom stereocenters. The molecular formula is C50H95NO7. The fourth-order valence-corrected chi connectivity index (χ4v) is 8.85. The van der Waals surface area contributed by atoms with Gasteiger partial charge >= 0.3 is 11.9 Å². The minimum atomic E-state index is -0.578. The van der Waals surface area contributed by atoms with E-state index < -0.39 is 5.79 Å². The summed E-state index contributed by atoms with van der Waals surface area (Å²) in [7, 11) is 4.15. The van der Waals surface area contributed by atoms with Gasteiger partial charge in [-0.3, -0.25) is 9.59 Å². The van der Waals surface area contributed by atoms with Crippen molar-refractivity contribution in [1.29, 1.82) is 0 Å². The summed E-state index contributed by atoms with van der Waals surface area (Å²) in [6.45, 7) is 8.75. The molecule has 0 N–H and O–H groups in total. The minimum Gasteiger partial charge on any atom is -0.466 e. The first-order chi connectivity index (χ1) is 28.3. The third-order valence-corrected chi connectivity index (χ3v) is 12.4. The monoisotopic (exact) mass is 822 g/mol. The maximum Gasteiger partial charge on any atom is 0.306 e. The first kappa shape index (κ1) is 52.9. The molecule has 0 amide bonds. The summed E-state index contributed by atoms with van der Waals surface area (Å²) in [5.41, 5.74) is 0. The molecule has 58 heavy (non-hydrogen) atoms. The molecular weight excluding hydrogens is 727 g/mol. The quantitative estimate of drug-likeness (QED) is 0.0445. The molecule has 2 heterocycles. The van der Waals surface area contributed by atoms with Crippen molar-refractivity contribution in [3.8, 4) is 0 Å². The van der Waals surface area contributed by atoms with E-state index in [-0.39, 0.29) is 36.4 Å². The number of carbonyl (C=O) groups excluding carboxylic acids is 2. The molecule has 2 rings (SSSR count). The largest absolute Gasteiger partial charge is 0.466 e. The zero-order valence-electron chi connectivity index (χ0n) is 39.0. The van der Waals surface area contributed by atoms with Crippen LogP contribution in [0.1, 0.15) is 245 Å². The summed E-state index contributed by atoms with van der Waals surface area (Å²) in [6.07, 6.45) is 39.5. The molecule has 0 saturated carbocycles. The Morgan fingerprint density at radius 3 is 1.55 bits per heavy atom. The number of hydrogen-bond donors (Lipinski definition) is 0. The lowest BCUT2D eigenvalue weighted by molar-refractivity contribution is -0.209. The Morgan fingerprint density at radius 2 is 1.02 bits per heavy atom. The molecule has 3 unspecified atom stereocenters. The summed E-state index contributed by atoms with van der Waals surface area (Å²) in [4.78, 5) is 27.5. The molecule has 0 radical (unpaired) electrons. The lowest BCUT2D eigenvalue weighted by atomic mass is 9.99. The average Bonchev–Trinajstić information content (AvgIpc) is 3.74. The lowest BCUT2D eigenvalue weighted by Gasteiger charge is -2.31. The van der Waals surface area contributed by atoms with Gasteiger partial charge in [0.05, 0.1) is 19.3 Å². The van der Waals surface area contributed by atoms with Gasteiger partial charge in [0.25, 0.3) is 0 Å². The highest BCUT2D eigenvalue weighted by Gasteiger charge is 2.53. The minimum absolute atomic E-state index is 0.00165. The molecule has 0 bridgehead atoms. The van der Waals surface area contributed by atoms with Gasteiger partial charge in [-0.05, 0) is 71.9 Å². The Morgan fingerprint density at radius 1 is 0.569 bits per heavy atom. The SMILES string of the molecule is CCCCCCCCCCCOC(=O)CCCCCC1(CCCCCCCC(=O)OC(CCCCCCCC)CCCCCCCC)OC2CO[C@@H](CN(C)C)C2O1. The van der Waals surface area contributed by atoms with Crippen molar-refractivity contribution in [3.05, 3.63) is 0 Å². The highest BCUT2D eigenvalue weighted by atomic mass is 16.8. The molecule has 0 aromatic carbocycles. The summed E-state index contributed by atoms with van der Waals surface area (Å²) in [5.74, 6) is -0.637. The highest BCUT2D eigenvalue weighted by Crippen LogP contribution is 2.42. The van der Waals surface area contributed by atoms with Crippen molar-refractivity contribution in [1.82, 2.24) is 4.90 Å². The number of hydrogen-bond acceptors (Lipinski definition) is 8. The van der Waals surface area contributed by atoms with Crippen LogP contribution in [0.4, 0.5) is 0 Å². The first-order valence-electron chi connectivity index (χ1n) is 25.3. The standard InChI is InChI=1S/C50H95NO7/c1-6-9-12-15-18-19-20-26-34-41-54-47(52)37-31-27-33-40-50(57-46-43-55-45(42-51(4)5)49(46)58-50)39-32-25-21-24-30-38-48(53)56-44(35-28-22-16-13-10-7-2)36-29-23-17-14-11-8-3/h44-46,49H,6-43H2,1-5H3/t45-,46?,49?,50?/m0/s1. The van der Waals surface area contributed by atoms with Crippen molar-refractivity contribution in [2.24, 2.45) is 0 Å². The van der Waals surface area contributed by atoms with Crippen LogP contribution >= 0.6 is 0 Å². The van der Waals surface area contributed by atoms with Gasteiger partial charge in [0.2, 0.25) is 0 Å². The van der Waals surface area contributed by atoms with E-state index in [1.54, 1.807) is 0 Å². The lowest BCUT2D eigenvalue weighted by Crippen LogP contribution is -2.38. The van der Waals surface area contributed by atoms with Crippen molar-refractivity contribution in [3.63, 3.8) is 0 Å². The van der Waals surface area contributed by atoms with Gasteiger partial charge < -0.3 is 28.6 Å². The molecule has 2 fully saturated rings. The molecule has 0 spiro atoms. The second kappa shape index (κ2) is 35.4. The number of likely N-dealkylation sites (N-methyl/N-ethyl adjacent to an activating group) is 1. The molecule has 2 aliphatic rings. The van der Waals surface area contributed by atoms with Gasteiger partial charge in [-0.25, -0.2) is 0 Å². The van der Waals surface area contributed by atoms with Gasteiger partial charge in [0, 0.05) is 32.2 Å². The molecule has 8 heteroatoms. The smallest absolute Gasteiger partial charge is 0.306 e. The van der Waals surface area contributed by atoms with Crippen LogP contribution in [-0.4, -0.2) is 80.9 Å². The molecule has 0 aromatic heterocycles. The Labute approximate surface area is 358 Å². The average molecular weight is 822 g/mol. The third kappa shape index (κ3) is 26.2. The number of esters is 2. The van der Waals surface area contributed by atoms with Crippen LogP contribution in [0.2, 0.25) is 0 Å². The molecule has 342 valence electrons. The summed E-state index contributed by atoms with van der Waals surface area (Å²) in [6, 6.07) is 0. The predicted octanol–water partition coefficient (Wildman–Crippen LogP) is 13.6. The molecule has 0 aliphatic carbocycles. The van der Waals surface area contributed by atoms with Crippen molar-refractivity contribution in [2.75, 3.05) is 33.9 Å². The van der Waals surface area contributed by atoms with Gasteiger partial charge in [-0.15, -0.1) is 0 Å². The van der Waals surface area contributed by atoms with Crippen LogP contribution in [0.15, 0.2) is 0 Å². The summed E-state index contributed by atoms with van der Waals surface area (Å²) >= 11 is 0. The van der Waals surface area contributed by atoms with Gasteiger partial charge in [-0.1, -0.05) is 162 Å². The first-order valence-corrected chi connectivity index (χ1v) is 25.3. The number of carbonyl (C=O) groups is 2. The Balaban J connectivity index is 1.68. The van der Waals surface area contributed by atoms with Crippen LogP contribution in [0, 0.1) is 0 Å². The maximum absolute atomic E-state index is 12.9. The maximum atomic E-state index is 12.9. The molecule has 2 aliphatic heterocycles. The van der Waals surface area contributed by atoms with E-state index in [0.717, 1.165) is 96.4 Å². The number of nitrogens with zero attached hydrogens (tertiary/aromatic N) is 1. The van der Waals surface area contributed by atoms with E-state index in [0.29, 0.717) is 26.1 Å². The summed E-state index contributed by atoms with van der Waals surface area (Å²) in [5, 5.41) is 0. The van der Waals surface area contributed by atoms with E-state index >= 15 is 0 Å². The normalized spacial score (nSPS) is 20.4. The number of ether oxygens (including phenoxy) is 5. The van der Waals surface area contributed by atoms with Gasteiger partial charge in [-0.2, -0.15) is 0 Å². The fraction of sp³-hybridized carbons (Fsp3) is 0.960. The Kier molecular flexibility index (Phi) is 32.3. The third-order valence-electron chi connectivity index (χ3n) is 12.4. The zero-order valence-corrected chi connectivity index (χ0v) is 39.0. The zero-order chi connectivity index (χ0) is 41.9. The molecule has 0 aromatic rings. The van der Waals surface area contributed by atoms with Crippen molar-refractivity contribution in [2.45, 2.75) is 276 Å². The van der Waals surface area contributed by atoms with E-state index in [4.69, 9.17) is 23.7 Å². The topological polar surface area (TPSA) is 83.5 Å². The van der Waals surface area contributed by atoms with Crippen LogP contribution in [0.25, 0.3) is 0 Å². The van der Waals surface area contributed by atoms with E-state index in [1.165, 1.54) is 122 Å². The van der Waals surface area contributed by atoms with E-state index in [9.17, 15) is 9.59 Å². The van der Waals surface area contributed by atoms with Crippen LogP contribution in [0.5, 0.6) is 0 Å². The second-order valence-corrected chi connectivity index (χ2v) is 18.4. The molecule has 8 nitrogen and oxygen atoms in total. The number of unbranched alkanes of at least 4 members (excludes halogenated alkanes) is 24. The Bertz CT molecular complexity index is 962.